The Hall–Kier alpha value is 1.33. The van der Waals surface area contributed by atoms with Crippen LogP contribution in [0.4, 0.5) is 0 Å². The van der Waals surface area contributed by atoms with E-state index in [0.717, 1.165) is 0 Å². The summed E-state index contributed by atoms with van der Waals surface area (Å²) in [6, 6.07) is 0. The molecule has 7 heteroatoms. The van der Waals surface area contributed by atoms with E-state index >= 15 is 0 Å². The first-order valence-corrected chi connectivity index (χ1v) is 10.0. The second-order valence-electron chi connectivity index (χ2n) is 4.29. The third-order valence-electron chi connectivity index (χ3n) is 2.55. The minimum atomic E-state index is -2.87. The van der Waals surface area contributed by atoms with Crippen molar-refractivity contribution in [1.82, 2.24) is 0 Å². The van der Waals surface area contributed by atoms with Crippen LogP contribution >= 0.6 is 18.3 Å². The van der Waals surface area contributed by atoms with Crippen molar-refractivity contribution in [2.75, 3.05) is 23.0 Å². The van der Waals surface area contributed by atoms with Crippen LogP contribution in [0.1, 0.15) is 54.8 Å². The van der Waals surface area contributed by atoms with E-state index in [1.807, 2.05) is 0 Å². The maximum atomic E-state index is 8.70. The van der Waals surface area contributed by atoms with Crippen LogP contribution in [-0.2, 0) is 4.57 Å². The molecule has 4 nitrogen and oxygen atoms in total. The van der Waals surface area contributed by atoms with Crippen molar-refractivity contribution >= 4 is 18.3 Å². The van der Waals surface area contributed by atoms with Gasteiger partial charge in [-0.05, 0) is 48.7 Å². The Morgan fingerprint density at radius 1 is 0.842 bits per heavy atom. The largest absolute Gasteiger partial charge is 1.00 e. The molecule has 0 aromatic heterocycles. The molecule has 0 spiro atoms. The van der Waals surface area contributed by atoms with E-state index in [-0.39, 0.29) is 46.5 Å². The molecule has 0 aromatic carbocycles. The van der Waals surface area contributed by atoms with Gasteiger partial charge in [0.2, 0.25) is 0 Å². The zero-order chi connectivity index (χ0) is 13.7. The fraction of sp³-hybridized carbons (Fsp3) is 1.00. The molecule has 0 rings (SSSR count). The number of hydrogen-bond donors (Lipinski definition) is 2. The molecule has 0 aromatic rings. The fourth-order valence-electron chi connectivity index (χ4n) is 2.34. The van der Waals surface area contributed by atoms with E-state index in [1.54, 1.807) is 0 Å². The maximum Gasteiger partial charge on any atom is 1.00 e. The second kappa shape index (κ2) is 19.3. The molecule has 0 saturated carbocycles. The van der Waals surface area contributed by atoms with Gasteiger partial charge in [-0.25, -0.2) is 10.0 Å². The zero-order valence-electron chi connectivity index (χ0n) is 14.3. The van der Waals surface area contributed by atoms with Gasteiger partial charge in [0, 0.05) is 4.57 Å². The van der Waals surface area contributed by atoms with E-state index < -0.39 is 8.25 Å². The average molecular weight is 327 g/mol. The normalized spacial score (nSPS) is 10.4. The molecule has 0 heterocycles. The fourth-order valence-corrected chi connectivity index (χ4v) is 7.03. The number of hydrogen-bond acceptors (Lipinski definition) is 1. The molecular weight excluding hydrogens is 294 g/mol. The molecule has 0 saturated heterocycles. The predicted octanol–water partition coefficient (Wildman–Crippen LogP) is 0.351. The van der Waals surface area contributed by atoms with Crippen molar-refractivity contribution in [2.24, 2.45) is 0 Å². The smallest absolute Gasteiger partial charge is 1.00 e. The van der Waals surface area contributed by atoms with Crippen LogP contribution in [0.15, 0.2) is 0 Å². The summed E-state index contributed by atoms with van der Waals surface area (Å²) in [6.45, 7) is 9.40. The number of rotatable bonds is 8. The van der Waals surface area contributed by atoms with Gasteiger partial charge in [-0.1, -0.05) is 27.7 Å². The predicted molar refractivity (Wildman–Crippen MR) is 85.0 cm³/mol. The topological polar surface area (TPSA) is 89.0 Å². The molecule has 0 aliphatic carbocycles. The summed E-state index contributed by atoms with van der Waals surface area (Å²) in [7, 11) is -3.07. The van der Waals surface area contributed by atoms with Crippen molar-refractivity contribution in [1.29, 1.82) is 0 Å². The summed E-state index contributed by atoms with van der Waals surface area (Å²) in [6.07, 6.45) is 5.59. The third-order valence-corrected chi connectivity index (χ3v) is 7.65. The Balaban J connectivity index is -0.0000000951. The van der Waals surface area contributed by atoms with Crippen LogP contribution in [0.5, 0.6) is 0 Å². The summed E-state index contributed by atoms with van der Waals surface area (Å²) in [5.41, 5.74) is 0. The average Bonchev–Trinajstić information content (AvgIpc) is 2.18. The first kappa shape index (κ1) is 28.5. The summed E-state index contributed by atoms with van der Waals surface area (Å²) in [4.78, 5) is 14.2. The van der Waals surface area contributed by atoms with E-state index in [1.165, 1.54) is 48.7 Å². The summed E-state index contributed by atoms with van der Waals surface area (Å²) < 4.78 is 8.70. The Morgan fingerprint density at radius 3 is 1.11 bits per heavy atom. The SMILES string of the molecule is CCCS(CCC)(CCC)CCC.O.O=[P+](O)O.[H-].[Na+]. The van der Waals surface area contributed by atoms with Gasteiger partial charge in [0.25, 0.3) is 0 Å². The summed E-state index contributed by atoms with van der Waals surface area (Å²) in [5, 5.41) is 0. The van der Waals surface area contributed by atoms with Gasteiger partial charge in [0.15, 0.2) is 0 Å². The Bertz CT molecular complexity index is 169. The standard InChI is InChI=1S/C12H28S.Na.HO3P.H2O.H/c1-5-9-13(10-6-2,11-7-3)12-8-4;;1-4(2)3;;/h5-12H2,1-4H3;;(H-,1,2,3);1H2;/q;+1;;;-1/p+1. The van der Waals surface area contributed by atoms with E-state index in [9.17, 15) is 0 Å². The van der Waals surface area contributed by atoms with Crippen molar-refractivity contribution in [3.8, 4) is 0 Å². The van der Waals surface area contributed by atoms with Gasteiger partial charge in [0.1, 0.15) is 0 Å². The molecular formula is C12H33NaO4PS+. The maximum absolute atomic E-state index is 8.70. The van der Waals surface area contributed by atoms with Crippen LogP contribution < -0.4 is 29.6 Å². The van der Waals surface area contributed by atoms with Crippen LogP contribution in [0.25, 0.3) is 0 Å². The Morgan fingerprint density at radius 2 is 1.00 bits per heavy atom. The molecule has 4 N–H and O–H groups in total. The quantitative estimate of drug-likeness (QED) is 0.498. The van der Waals surface area contributed by atoms with Gasteiger partial charge < -0.3 is 6.90 Å². The monoisotopic (exact) mass is 327 g/mol. The molecule has 19 heavy (non-hydrogen) atoms. The van der Waals surface area contributed by atoms with E-state index in [0.29, 0.717) is 0 Å². The van der Waals surface area contributed by atoms with Crippen molar-refractivity contribution in [2.45, 2.75) is 53.4 Å². The van der Waals surface area contributed by atoms with Crippen molar-refractivity contribution < 1.29 is 50.8 Å². The molecule has 0 bridgehead atoms. The van der Waals surface area contributed by atoms with Gasteiger partial charge in [-0.15, -0.1) is 9.79 Å². The van der Waals surface area contributed by atoms with Crippen molar-refractivity contribution in [3.05, 3.63) is 0 Å². The van der Waals surface area contributed by atoms with Crippen LogP contribution in [0.2, 0.25) is 0 Å². The molecule has 116 valence electrons. The molecule has 0 fully saturated rings. The van der Waals surface area contributed by atoms with E-state index in [4.69, 9.17) is 14.4 Å². The molecule has 0 aliphatic heterocycles. The van der Waals surface area contributed by atoms with Crippen molar-refractivity contribution in [3.63, 3.8) is 0 Å². The first-order chi connectivity index (χ1) is 7.97. The summed E-state index contributed by atoms with van der Waals surface area (Å²) in [5.74, 6) is 6.12. The Kier molecular flexibility index (Phi) is 29.0. The van der Waals surface area contributed by atoms with Crippen LogP contribution in [-0.4, -0.2) is 38.3 Å². The van der Waals surface area contributed by atoms with Crippen LogP contribution in [0, 0.1) is 0 Å². The molecule has 0 aliphatic rings. The van der Waals surface area contributed by atoms with Gasteiger partial charge in [0.05, 0.1) is 0 Å². The molecule has 0 radical (unpaired) electrons. The van der Waals surface area contributed by atoms with Gasteiger partial charge >= 0.3 is 37.8 Å². The molecule has 0 unspecified atom stereocenters. The van der Waals surface area contributed by atoms with Gasteiger partial charge in [-0.3, -0.25) is 0 Å². The van der Waals surface area contributed by atoms with E-state index in [2.05, 4.69) is 27.7 Å². The molecule has 0 atom stereocenters. The minimum Gasteiger partial charge on any atom is -1.00 e. The Labute approximate surface area is 145 Å². The molecule has 0 amide bonds. The second-order valence-corrected chi connectivity index (χ2v) is 8.88. The zero-order valence-corrected chi connectivity index (χ0v) is 17.0. The summed E-state index contributed by atoms with van der Waals surface area (Å²) >= 11 is 0. The van der Waals surface area contributed by atoms with Crippen LogP contribution in [0.3, 0.4) is 0 Å². The third kappa shape index (κ3) is 19.3. The van der Waals surface area contributed by atoms with Gasteiger partial charge in [-0.2, -0.15) is 0 Å². The minimum absolute atomic E-state index is 0. The first-order valence-electron chi connectivity index (χ1n) is 6.57.